The van der Waals surface area contributed by atoms with Gasteiger partial charge in [0.05, 0.1) is 22.8 Å². The third kappa shape index (κ3) is 4.54. The molecule has 0 aromatic carbocycles. The van der Waals surface area contributed by atoms with Gasteiger partial charge in [-0.1, -0.05) is 12.1 Å². The van der Waals surface area contributed by atoms with E-state index in [9.17, 15) is 0 Å². The molecule has 0 spiro atoms. The molecule has 0 saturated heterocycles. The third-order valence-corrected chi connectivity index (χ3v) is 10.0. The van der Waals surface area contributed by atoms with Gasteiger partial charge in [0.15, 0.2) is 0 Å². The zero-order chi connectivity index (χ0) is 30.5. The van der Waals surface area contributed by atoms with Crippen LogP contribution in [0.5, 0.6) is 0 Å². The molecule has 0 fully saturated rings. The maximum atomic E-state index is 5.30. The lowest BCUT2D eigenvalue weighted by atomic mass is 10.1. The number of nitrogens with one attached hydrogen (secondary N) is 2. The largest absolute Gasteiger partial charge is 0.354 e. The van der Waals surface area contributed by atoms with Gasteiger partial charge in [-0.15, -0.1) is 22.7 Å². The Kier molecular flexibility index (Phi) is 6.40. The second-order valence-electron chi connectivity index (χ2n) is 10.9. The van der Waals surface area contributed by atoms with Crippen molar-refractivity contribution in [3.63, 3.8) is 0 Å². The van der Waals surface area contributed by atoms with E-state index in [2.05, 4.69) is 104 Å². The van der Waals surface area contributed by atoms with E-state index in [-0.39, 0.29) is 0 Å². The molecule has 0 aliphatic carbocycles. The Morgan fingerprint density at radius 2 is 0.783 bits per heavy atom. The van der Waals surface area contributed by atoms with Crippen molar-refractivity contribution in [2.24, 2.45) is 0 Å². The van der Waals surface area contributed by atoms with Crippen molar-refractivity contribution >= 4 is 69.0 Å². The average Bonchev–Trinajstić information content (AvgIpc) is 3.93. The molecule has 2 aliphatic rings. The molecule has 7 aromatic heterocycles. The molecule has 0 atom stereocenters. The number of aromatic amines is 2. The minimum atomic E-state index is 0.887. The molecule has 8 bridgehead atoms. The predicted molar refractivity (Wildman–Crippen MR) is 192 cm³/mol. The number of fused-ring (bicyclic) bond motifs is 8. The zero-order valence-corrected chi connectivity index (χ0v) is 25.9. The molecule has 0 radical (unpaired) electrons. The lowest BCUT2D eigenvalue weighted by molar-refractivity contribution is 1.30. The quantitative estimate of drug-likeness (QED) is 0.203. The van der Waals surface area contributed by atoms with Gasteiger partial charge in [0.25, 0.3) is 0 Å². The number of hydrogen-bond donors (Lipinski definition) is 2. The Morgan fingerprint density at radius 1 is 0.413 bits per heavy atom. The molecule has 0 unspecified atom stereocenters. The fraction of sp³-hybridized carbons (Fsp3) is 0. The van der Waals surface area contributed by atoms with Crippen molar-refractivity contribution in [1.82, 2.24) is 29.9 Å². The average molecular weight is 629 g/mol. The van der Waals surface area contributed by atoms with E-state index in [1.165, 1.54) is 0 Å². The van der Waals surface area contributed by atoms with Crippen molar-refractivity contribution < 1.29 is 0 Å². The van der Waals surface area contributed by atoms with Crippen molar-refractivity contribution in [3.05, 3.63) is 131 Å². The van der Waals surface area contributed by atoms with Crippen molar-refractivity contribution in [1.29, 1.82) is 0 Å². The third-order valence-electron chi connectivity index (χ3n) is 8.23. The van der Waals surface area contributed by atoms with Gasteiger partial charge in [-0.05, 0) is 107 Å². The van der Waals surface area contributed by atoms with Gasteiger partial charge in [-0.25, -0.2) is 9.97 Å². The van der Waals surface area contributed by atoms with Crippen molar-refractivity contribution in [3.8, 4) is 43.1 Å². The van der Waals surface area contributed by atoms with Crippen molar-refractivity contribution in [2.45, 2.75) is 0 Å². The summed E-state index contributed by atoms with van der Waals surface area (Å²) in [6, 6.07) is 25.2. The maximum absolute atomic E-state index is 5.30. The minimum absolute atomic E-state index is 0.887. The number of pyridine rings is 2. The number of hydrogen-bond acceptors (Lipinski definition) is 6. The molecule has 2 N–H and O–H groups in total. The van der Waals surface area contributed by atoms with Gasteiger partial charge in [0.2, 0.25) is 0 Å². The van der Waals surface area contributed by atoms with Crippen molar-refractivity contribution in [2.75, 3.05) is 0 Å². The summed E-state index contributed by atoms with van der Waals surface area (Å²) in [7, 11) is 0. The van der Waals surface area contributed by atoms with E-state index in [4.69, 9.17) is 9.97 Å². The van der Waals surface area contributed by atoms with E-state index in [0.29, 0.717) is 0 Å². The molecule has 7 aromatic rings. The summed E-state index contributed by atoms with van der Waals surface area (Å²) in [5.74, 6) is 0. The topological polar surface area (TPSA) is 83.1 Å². The summed E-state index contributed by atoms with van der Waals surface area (Å²) >= 11 is 3.41. The molecular weight excluding hydrogens is 605 g/mol. The van der Waals surface area contributed by atoms with E-state index in [1.54, 1.807) is 22.7 Å². The first kappa shape index (κ1) is 26.7. The monoisotopic (exact) mass is 628 g/mol. The first-order valence-electron chi connectivity index (χ1n) is 14.8. The normalized spacial score (nSPS) is 12.2. The number of nitrogens with zero attached hydrogens (tertiary/aromatic N) is 4. The molecule has 0 saturated carbocycles. The van der Waals surface area contributed by atoms with Gasteiger partial charge >= 0.3 is 0 Å². The van der Waals surface area contributed by atoms with E-state index in [1.807, 2.05) is 49.1 Å². The molecule has 2 aliphatic heterocycles. The molecule has 9 heterocycles. The highest BCUT2D eigenvalue weighted by Crippen LogP contribution is 2.39. The van der Waals surface area contributed by atoms with Crippen LogP contribution in [0.3, 0.4) is 0 Å². The first-order chi connectivity index (χ1) is 22.8. The van der Waals surface area contributed by atoms with Crippen LogP contribution in [0.1, 0.15) is 22.8 Å². The maximum Gasteiger partial charge on any atom is 0.0745 e. The molecule has 9 rings (SSSR count). The summed E-state index contributed by atoms with van der Waals surface area (Å²) < 4.78 is 0. The van der Waals surface area contributed by atoms with Crippen LogP contribution < -0.4 is 0 Å². The van der Waals surface area contributed by atoms with Crippen LogP contribution >= 0.6 is 22.7 Å². The number of thiophene rings is 2. The molecule has 46 heavy (non-hydrogen) atoms. The Balaban J connectivity index is 1.49. The SMILES string of the molecule is C1=Cc2nc1c(-c1ccncc1)c1ccc([nH]1)c(-c1cccs1)c1nc(c(-c3ccncc3)c3ccc([nH]3)c2-c2cccs2)C=C1. The molecule has 218 valence electrons. The van der Waals surface area contributed by atoms with Crippen LogP contribution in [0.2, 0.25) is 0 Å². The number of rotatable bonds is 4. The van der Waals surface area contributed by atoms with Gasteiger partial charge < -0.3 is 9.97 Å². The highest BCUT2D eigenvalue weighted by atomic mass is 32.1. The summed E-state index contributed by atoms with van der Waals surface area (Å²) in [6.45, 7) is 0. The molecular formula is C38H24N6S2. The Morgan fingerprint density at radius 3 is 1.15 bits per heavy atom. The van der Waals surface area contributed by atoms with Crippen LogP contribution in [-0.4, -0.2) is 29.9 Å². The molecule has 0 amide bonds. The highest BCUT2D eigenvalue weighted by Gasteiger charge is 2.19. The smallest absolute Gasteiger partial charge is 0.0745 e. The second kappa shape index (κ2) is 11.0. The summed E-state index contributed by atoms with van der Waals surface area (Å²) in [5.41, 5.74) is 13.7. The van der Waals surface area contributed by atoms with Crippen LogP contribution in [0, 0.1) is 0 Å². The summed E-state index contributed by atoms with van der Waals surface area (Å²) in [6.07, 6.45) is 15.8. The predicted octanol–water partition coefficient (Wildman–Crippen LogP) is 10.2. The van der Waals surface area contributed by atoms with Crippen LogP contribution in [0.15, 0.2) is 108 Å². The molecule has 8 heteroatoms. The highest BCUT2D eigenvalue weighted by molar-refractivity contribution is 7.14. The lowest BCUT2D eigenvalue weighted by Crippen LogP contribution is -1.89. The minimum Gasteiger partial charge on any atom is -0.354 e. The fourth-order valence-corrected chi connectivity index (χ4v) is 7.80. The Labute approximate surface area is 272 Å². The van der Waals surface area contributed by atoms with Crippen LogP contribution in [0.4, 0.5) is 0 Å². The van der Waals surface area contributed by atoms with Crippen LogP contribution in [-0.2, 0) is 0 Å². The van der Waals surface area contributed by atoms with Gasteiger partial charge in [-0.3, -0.25) is 9.97 Å². The zero-order valence-electron chi connectivity index (χ0n) is 24.3. The second-order valence-corrected chi connectivity index (χ2v) is 12.8. The van der Waals surface area contributed by atoms with E-state index in [0.717, 1.165) is 88.0 Å². The van der Waals surface area contributed by atoms with Gasteiger partial charge in [0.1, 0.15) is 0 Å². The number of aromatic nitrogens is 6. The first-order valence-corrected chi connectivity index (χ1v) is 16.6. The summed E-state index contributed by atoms with van der Waals surface area (Å²) in [5, 5.41) is 4.21. The number of H-pyrrole nitrogens is 2. The summed E-state index contributed by atoms with van der Waals surface area (Å²) in [4.78, 5) is 29.0. The van der Waals surface area contributed by atoms with Gasteiger partial charge in [-0.2, -0.15) is 0 Å². The van der Waals surface area contributed by atoms with E-state index >= 15 is 0 Å². The van der Waals surface area contributed by atoms with E-state index < -0.39 is 0 Å². The fourth-order valence-electron chi connectivity index (χ4n) is 6.21. The molecule has 6 nitrogen and oxygen atoms in total. The Bertz CT molecular complexity index is 2280. The lowest BCUT2D eigenvalue weighted by Gasteiger charge is -2.05. The van der Waals surface area contributed by atoms with Gasteiger partial charge in [0, 0.05) is 78.9 Å². The Hall–Kier alpha value is -5.70. The van der Waals surface area contributed by atoms with Crippen LogP contribution in [0.25, 0.3) is 89.5 Å². The standard InChI is InChI=1S/C38H24N6S2/c1-3-33(45-21-1)37-29-9-5-25(41-29)35(23-13-17-39-18-14-23)27-7-11-31(43-27)38(34-4-2-22-46-34)32-12-8-28(44-32)36(24-15-19-40-20-16-24)26-6-10-30(37)42-26/h1-22,41,44H.